The van der Waals surface area contributed by atoms with Crippen LogP contribution >= 0.6 is 0 Å². The van der Waals surface area contributed by atoms with Gasteiger partial charge in [-0.25, -0.2) is 0 Å². The molecular weight excluding hydrogens is 206 g/mol. The Kier molecular flexibility index (Phi) is 4.39. The number of nitro benzene ring substituents is 1. The van der Waals surface area contributed by atoms with E-state index in [1.165, 1.54) is 0 Å². The van der Waals surface area contributed by atoms with E-state index in [2.05, 4.69) is 0 Å². The molecule has 16 heavy (non-hydrogen) atoms. The van der Waals surface area contributed by atoms with Gasteiger partial charge in [0.2, 0.25) is 0 Å². The monoisotopic (exact) mass is 223 g/mol. The summed E-state index contributed by atoms with van der Waals surface area (Å²) in [5.41, 5.74) is 12.9. The Bertz CT molecular complexity index is 379. The van der Waals surface area contributed by atoms with Gasteiger partial charge in [0.25, 0.3) is 5.69 Å². The number of nitrogens with zero attached hydrogens (tertiary/aromatic N) is 1. The topological polar surface area (TPSA) is 95.2 Å². The second kappa shape index (κ2) is 5.58. The van der Waals surface area contributed by atoms with E-state index < -0.39 is 0 Å². The van der Waals surface area contributed by atoms with E-state index >= 15 is 0 Å². The molecule has 1 atom stereocenters. The first-order valence-corrected chi connectivity index (χ1v) is 5.27. The highest BCUT2D eigenvalue weighted by Gasteiger charge is 2.14. The summed E-state index contributed by atoms with van der Waals surface area (Å²) in [5, 5.41) is 10.8. The molecule has 0 unspecified atom stereocenters. The SMILES string of the molecule is Cc1ccc([C@@H](N)CCCN)cc1[N+](=O)[O-]. The molecule has 5 nitrogen and oxygen atoms in total. The average molecular weight is 223 g/mol. The minimum Gasteiger partial charge on any atom is -0.330 e. The Labute approximate surface area is 94.6 Å². The normalized spacial score (nSPS) is 12.4. The van der Waals surface area contributed by atoms with Crippen LogP contribution in [0.15, 0.2) is 18.2 Å². The predicted octanol–water partition coefficient (Wildman–Crippen LogP) is 1.64. The van der Waals surface area contributed by atoms with Crippen LogP contribution in [0.4, 0.5) is 5.69 Å². The van der Waals surface area contributed by atoms with E-state index in [0.29, 0.717) is 12.1 Å². The summed E-state index contributed by atoms with van der Waals surface area (Å²) >= 11 is 0. The maximum absolute atomic E-state index is 10.8. The van der Waals surface area contributed by atoms with Crippen molar-refractivity contribution < 1.29 is 4.92 Å². The van der Waals surface area contributed by atoms with Gasteiger partial charge in [-0.15, -0.1) is 0 Å². The lowest BCUT2D eigenvalue weighted by molar-refractivity contribution is -0.385. The van der Waals surface area contributed by atoms with Crippen molar-refractivity contribution in [2.75, 3.05) is 6.54 Å². The first-order valence-electron chi connectivity index (χ1n) is 5.27. The molecule has 0 bridgehead atoms. The van der Waals surface area contributed by atoms with Crippen LogP contribution in [0.25, 0.3) is 0 Å². The van der Waals surface area contributed by atoms with Gasteiger partial charge < -0.3 is 11.5 Å². The highest BCUT2D eigenvalue weighted by Crippen LogP contribution is 2.24. The van der Waals surface area contributed by atoms with Gasteiger partial charge in [0.15, 0.2) is 0 Å². The first-order chi connectivity index (χ1) is 7.56. The zero-order chi connectivity index (χ0) is 12.1. The van der Waals surface area contributed by atoms with Gasteiger partial charge >= 0.3 is 0 Å². The van der Waals surface area contributed by atoms with Crippen molar-refractivity contribution in [3.8, 4) is 0 Å². The molecular formula is C11H17N3O2. The van der Waals surface area contributed by atoms with Crippen LogP contribution in [-0.4, -0.2) is 11.5 Å². The Balaban J connectivity index is 2.89. The molecule has 88 valence electrons. The predicted molar refractivity (Wildman–Crippen MR) is 63.1 cm³/mol. The Morgan fingerprint density at radius 2 is 2.19 bits per heavy atom. The van der Waals surface area contributed by atoms with Gasteiger partial charge in [-0.2, -0.15) is 0 Å². The van der Waals surface area contributed by atoms with Crippen molar-refractivity contribution in [3.63, 3.8) is 0 Å². The summed E-state index contributed by atoms with van der Waals surface area (Å²) in [6.07, 6.45) is 1.57. The van der Waals surface area contributed by atoms with Crippen molar-refractivity contribution in [2.45, 2.75) is 25.8 Å². The van der Waals surface area contributed by atoms with Gasteiger partial charge in [0, 0.05) is 17.7 Å². The number of nitro groups is 1. The number of benzene rings is 1. The van der Waals surface area contributed by atoms with Crippen molar-refractivity contribution in [3.05, 3.63) is 39.4 Å². The summed E-state index contributed by atoms with van der Waals surface area (Å²) in [6.45, 7) is 2.30. The van der Waals surface area contributed by atoms with Crippen LogP contribution < -0.4 is 11.5 Å². The largest absolute Gasteiger partial charge is 0.330 e. The highest BCUT2D eigenvalue weighted by atomic mass is 16.6. The molecule has 0 aliphatic rings. The van der Waals surface area contributed by atoms with Crippen LogP contribution in [0.5, 0.6) is 0 Å². The average Bonchev–Trinajstić information content (AvgIpc) is 2.26. The molecule has 0 radical (unpaired) electrons. The zero-order valence-corrected chi connectivity index (χ0v) is 9.35. The second-order valence-electron chi connectivity index (χ2n) is 3.84. The van der Waals surface area contributed by atoms with Crippen LogP contribution in [-0.2, 0) is 0 Å². The number of rotatable bonds is 5. The van der Waals surface area contributed by atoms with E-state index in [0.717, 1.165) is 18.4 Å². The van der Waals surface area contributed by atoms with Crippen molar-refractivity contribution >= 4 is 5.69 Å². The lowest BCUT2D eigenvalue weighted by atomic mass is 10.0. The van der Waals surface area contributed by atoms with Crippen LogP contribution in [0, 0.1) is 17.0 Å². The van der Waals surface area contributed by atoms with Crippen LogP contribution in [0.2, 0.25) is 0 Å². The quantitative estimate of drug-likeness (QED) is 0.586. The van der Waals surface area contributed by atoms with Gasteiger partial charge in [-0.1, -0.05) is 12.1 Å². The molecule has 0 amide bonds. The molecule has 0 spiro atoms. The van der Waals surface area contributed by atoms with Gasteiger partial charge in [0.1, 0.15) is 0 Å². The molecule has 0 aliphatic carbocycles. The number of aryl methyl sites for hydroxylation is 1. The van der Waals surface area contributed by atoms with Gasteiger partial charge in [-0.05, 0) is 31.9 Å². The lowest BCUT2D eigenvalue weighted by Gasteiger charge is -2.11. The fraction of sp³-hybridized carbons (Fsp3) is 0.455. The zero-order valence-electron chi connectivity index (χ0n) is 9.35. The summed E-state index contributed by atoms with van der Waals surface area (Å²) in [5.74, 6) is 0. The minimum atomic E-state index is -0.380. The Morgan fingerprint density at radius 1 is 1.50 bits per heavy atom. The molecule has 0 fully saturated rings. The standard InChI is InChI=1S/C11H17N3O2/c1-8-4-5-9(7-11(8)14(15)16)10(13)3-2-6-12/h4-5,7,10H,2-3,6,12-13H2,1H3/t10-/m0/s1. The maximum Gasteiger partial charge on any atom is 0.272 e. The summed E-state index contributed by atoms with van der Waals surface area (Å²) < 4.78 is 0. The maximum atomic E-state index is 10.8. The van der Waals surface area contributed by atoms with E-state index in [-0.39, 0.29) is 16.7 Å². The molecule has 1 aromatic rings. The van der Waals surface area contributed by atoms with Gasteiger partial charge in [-0.3, -0.25) is 10.1 Å². The third-order valence-corrected chi connectivity index (χ3v) is 2.58. The third kappa shape index (κ3) is 3.01. The van der Waals surface area contributed by atoms with Crippen LogP contribution in [0.1, 0.15) is 30.0 Å². The van der Waals surface area contributed by atoms with E-state index in [1.807, 2.05) is 6.07 Å². The van der Waals surface area contributed by atoms with Crippen molar-refractivity contribution in [1.82, 2.24) is 0 Å². The molecule has 0 saturated heterocycles. The summed E-state index contributed by atoms with van der Waals surface area (Å²) in [7, 11) is 0. The van der Waals surface area contributed by atoms with Crippen LogP contribution in [0.3, 0.4) is 0 Å². The molecule has 0 aromatic heterocycles. The summed E-state index contributed by atoms with van der Waals surface area (Å²) in [6, 6.07) is 4.94. The minimum absolute atomic E-state index is 0.126. The fourth-order valence-corrected chi connectivity index (χ4v) is 1.56. The smallest absolute Gasteiger partial charge is 0.272 e. The van der Waals surface area contributed by atoms with E-state index in [9.17, 15) is 10.1 Å². The van der Waals surface area contributed by atoms with E-state index in [4.69, 9.17) is 11.5 Å². The molecule has 4 N–H and O–H groups in total. The van der Waals surface area contributed by atoms with Crippen molar-refractivity contribution in [1.29, 1.82) is 0 Å². The number of hydrogen-bond acceptors (Lipinski definition) is 4. The third-order valence-electron chi connectivity index (χ3n) is 2.58. The molecule has 1 aromatic carbocycles. The Hall–Kier alpha value is -1.46. The molecule has 0 heterocycles. The number of nitrogens with two attached hydrogens (primary N) is 2. The lowest BCUT2D eigenvalue weighted by Crippen LogP contribution is -2.12. The van der Waals surface area contributed by atoms with Crippen molar-refractivity contribution in [2.24, 2.45) is 11.5 Å². The van der Waals surface area contributed by atoms with E-state index in [1.54, 1.807) is 19.1 Å². The molecule has 0 saturated carbocycles. The number of hydrogen-bond donors (Lipinski definition) is 2. The molecule has 1 rings (SSSR count). The molecule has 0 aliphatic heterocycles. The molecule has 5 heteroatoms. The first kappa shape index (κ1) is 12.6. The summed E-state index contributed by atoms with van der Waals surface area (Å²) in [4.78, 5) is 10.4. The highest BCUT2D eigenvalue weighted by molar-refractivity contribution is 5.43. The van der Waals surface area contributed by atoms with Gasteiger partial charge in [0.05, 0.1) is 4.92 Å². The second-order valence-corrected chi connectivity index (χ2v) is 3.84. The Morgan fingerprint density at radius 3 is 2.75 bits per heavy atom. The fourth-order valence-electron chi connectivity index (χ4n) is 1.56.